The quantitative estimate of drug-likeness (QED) is 0.877. The van der Waals surface area contributed by atoms with Crippen LogP contribution in [-0.2, 0) is 11.3 Å². The predicted octanol–water partition coefficient (Wildman–Crippen LogP) is 2.31. The van der Waals surface area contributed by atoms with Gasteiger partial charge >= 0.3 is 0 Å². The molecule has 0 atom stereocenters. The average Bonchev–Trinajstić information content (AvgIpc) is 3.17. The maximum atomic E-state index is 11.8. The summed E-state index contributed by atoms with van der Waals surface area (Å²) >= 11 is 0. The molecule has 2 aromatic rings. The van der Waals surface area contributed by atoms with Crippen molar-refractivity contribution >= 4 is 11.6 Å². The molecule has 5 heteroatoms. The number of aromatic nitrogens is 2. The van der Waals surface area contributed by atoms with Crippen molar-refractivity contribution in [2.45, 2.75) is 19.4 Å². The number of para-hydroxylation sites is 1. The number of benzene rings is 1. The number of hydrogen-bond acceptors (Lipinski definition) is 3. The lowest BCUT2D eigenvalue weighted by atomic mass is 10.3. The Bertz CT molecular complexity index is 576. The highest BCUT2D eigenvalue weighted by atomic mass is 16.5. The van der Waals surface area contributed by atoms with Gasteiger partial charge in [-0.1, -0.05) is 18.2 Å². The Hall–Kier alpha value is -2.30. The van der Waals surface area contributed by atoms with Crippen LogP contribution in [0.3, 0.4) is 0 Å². The smallest absolute Gasteiger partial charge is 0.262 e. The minimum atomic E-state index is -0.181. The maximum absolute atomic E-state index is 11.8. The SMILES string of the molecule is O=C(COc1ccccc1)Nc1cnn(CC2CC2)c1. The molecule has 5 nitrogen and oxygen atoms in total. The van der Waals surface area contributed by atoms with Crippen molar-refractivity contribution in [2.24, 2.45) is 5.92 Å². The zero-order valence-electron chi connectivity index (χ0n) is 11.2. The van der Waals surface area contributed by atoms with Crippen LogP contribution in [0.25, 0.3) is 0 Å². The van der Waals surface area contributed by atoms with Gasteiger partial charge in [-0.15, -0.1) is 0 Å². The highest BCUT2D eigenvalue weighted by Crippen LogP contribution is 2.30. The first-order chi connectivity index (χ1) is 9.79. The number of carbonyl (C=O) groups excluding carboxylic acids is 1. The third-order valence-electron chi connectivity index (χ3n) is 3.17. The van der Waals surface area contributed by atoms with E-state index in [1.54, 1.807) is 6.20 Å². The van der Waals surface area contributed by atoms with Crippen molar-refractivity contribution in [3.63, 3.8) is 0 Å². The van der Waals surface area contributed by atoms with E-state index < -0.39 is 0 Å². The summed E-state index contributed by atoms with van der Waals surface area (Å²) in [5.41, 5.74) is 0.715. The fraction of sp³-hybridized carbons (Fsp3) is 0.333. The number of carbonyl (C=O) groups is 1. The Balaban J connectivity index is 1.47. The van der Waals surface area contributed by atoms with Gasteiger partial charge in [-0.05, 0) is 30.9 Å². The Morgan fingerprint density at radius 2 is 2.15 bits per heavy atom. The highest BCUT2D eigenvalue weighted by Gasteiger charge is 2.22. The first-order valence-corrected chi connectivity index (χ1v) is 6.80. The number of ether oxygens (including phenoxy) is 1. The molecule has 3 rings (SSSR count). The summed E-state index contributed by atoms with van der Waals surface area (Å²) in [5.74, 6) is 1.27. The second-order valence-electron chi connectivity index (χ2n) is 5.04. The number of rotatable bonds is 6. The van der Waals surface area contributed by atoms with Crippen LogP contribution in [0.5, 0.6) is 5.75 Å². The third kappa shape index (κ3) is 3.60. The molecule has 0 radical (unpaired) electrons. The van der Waals surface area contributed by atoms with Crippen molar-refractivity contribution in [2.75, 3.05) is 11.9 Å². The minimum Gasteiger partial charge on any atom is -0.484 e. The number of hydrogen-bond donors (Lipinski definition) is 1. The number of nitrogens with zero attached hydrogens (tertiary/aromatic N) is 2. The highest BCUT2D eigenvalue weighted by molar-refractivity contribution is 5.91. The van der Waals surface area contributed by atoms with Crippen LogP contribution >= 0.6 is 0 Å². The molecule has 0 saturated heterocycles. The Morgan fingerprint density at radius 3 is 2.90 bits per heavy atom. The van der Waals surface area contributed by atoms with Crippen LogP contribution in [0.1, 0.15) is 12.8 Å². The van der Waals surface area contributed by atoms with Gasteiger partial charge in [0.1, 0.15) is 5.75 Å². The van der Waals surface area contributed by atoms with Crippen LogP contribution < -0.4 is 10.1 Å². The van der Waals surface area contributed by atoms with Gasteiger partial charge in [-0.3, -0.25) is 9.48 Å². The van der Waals surface area contributed by atoms with Crippen molar-refractivity contribution in [3.05, 3.63) is 42.7 Å². The summed E-state index contributed by atoms with van der Waals surface area (Å²) in [7, 11) is 0. The van der Waals surface area contributed by atoms with Gasteiger partial charge in [0.05, 0.1) is 11.9 Å². The van der Waals surface area contributed by atoms with E-state index >= 15 is 0 Å². The Labute approximate surface area is 117 Å². The lowest BCUT2D eigenvalue weighted by Crippen LogP contribution is -2.19. The van der Waals surface area contributed by atoms with Gasteiger partial charge in [0, 0.05) is 12.7 Å². The summed E-state index contributed by atoms with van der Waals surface area (Å²) < 4.78 is 7.26. The maximum Gasteiger partial charge on any atom is 0.262 e. The first-order valence-electron chi connectivity index (χ1n) is 6.80. The molecule has 0 spiro atoms. The van der Waals surface area contributed by atoms with E-state index in [0.29, 0.717) is 11.4 Å². The molecule has 1 N–H and O–H groups in total. The number of amides is 1. The minimum absolute atomic E-state index is 0.00216. The van der Waals surface area contributed by atoms with Gasteiger partial charge in [0.2, 0.25) is 0 Å². The van der Waals surface area contributed by atoms with E-state index in [-0.39, 0.29) is 12.5 Å². The second kappa shape index (κ2) is 5.77. The molecule has 0 unspecified atom stereocenters. The lowest BCUT2D eigenvalue weighted by molar-refractivity contribution is -0.118. The van der Waals surface area contributed by atoms with E-state index in [9.17, 15) is 4.79 Å². The van der Waals surface area contributed by atoms with E-state index in [0.717, 1.165) is 12.5 Å². The normalized spacial score (nSPS) is 14.0. The molecule has 1 aliphatic carbocycles. The largest absolute Gasteiger partial charge is 0.484 e. The summed E-state index contributed by atoms with van der Waals surface area (Å²) in [6.45, 7) is 0.939. The molecular weight excluding hydrogens is 254 g/mol. The van der Waals surface area contributed by atoms with Gasteiger partial charge in [-0.25, -0.2) is 0 Å². The molecule has 1 saturated carbocycles. The average molecular weight is 271 g/mol. The molecule has 1 aromatic heterocycles. The van der Waals surface area contributed by atoms with E-state index in [1.165, 1.54) is 12.8 Å². The summed E-state index contributed by atoms with van der Waals surface area (Å²) in [5, 5.41) is 7.01. The fourth-order valence-electron chi connectivity index (χ4n) is 1.96. The van der Waals surface area contributed by atoms with Crippen molar-refractivity contribution in [1.29, 1.82) is 0 Å². The summed E-state index contributed by atoms with van der Waals surface area (Å²) in [6.07, 6.45) is 6.10. The molecular formula is C15H17N3O2. The lowest BCUT2D eigenvalue weighted by Gasteiger charge is -2.05. The van der Waals surface area contributed by atoms with E-state index in [1.807, 2.05) is 41.2 Å². The Morgan fingerprint density at radius 1 is 1.35 bits per heavy atom. The molecule has 1 aromatic carbocycles. The van der Waals surface area contributed by atoms with Crippen LogP contribution in [-0.4, -0.2) is 22.3 Å². The van der Waals surface area contributed by atoms with E-state index in [4.69, 9.17) is 4.74 Å². The first kappa shape index (κ1) is 12.7. The molecule has 1 heterocycles. The summed E-state index contributed by atoms with van der Waals surface area (Å²) in [4.78, 5) is 11.8. The van der Waals surface area contributed by atoms with Crippen LogP contribution in [0.2, 0.25) is 0 Å². The molecule has 20 heavy (non-hydrogen) atoms. The van der Waals surface area contributed by atoms with Gasteiger partial charge < -0.3 is 10.1 Å². The Kier molecular flexibility index (Phi) is 3.67. The zero-order chi connectivity index (χ0) is 13.8. The van der Waals surface area contributed by atoms with E-state index in [2.05, 4.69) is 10.4 Å². The van der Waals surface area contributed by atoms with Gasteiger partial charge in [-0.2, -0.15) is 5.10 Å². The molecule has 1 aliphatic rings. The van der Waals surface area contributed by atoms with Crippen LogP contribution in [0.15, 0.2) is 42.7 Å². The number of anilines is 1. The molecule has 0 aliphatic heterocycles. The molecule has 1 fully saturated rings. The monoisotopic (exact) mass is 271 g/mol. The van der Waals surface area contributed by atoms with Crippen molar-refractivity contribution in [3.8, 4) is 5.75 Å². The fourth-order valence-corrected chi connectivity index (χ4v) is 1.96. The molecule has 1 amide bonds. The second-order valence-corrected chi connectivity index (χ2v) is 5.04. The number of nitrogens with one attached hydrogen (secondary N) is 1. The van der Waals surface area contributed by atoms with Crippen molar-refractivity contribution < 1.29 is 9.53 Å². The standard InChI is InChI=1S/C15H17N3O2/c19-15(11-20-14-4-2-1-3-5-14)17-13-8-16-18(10-13)9-12-6-7-12/h1-5,8,10,12H,6-7,9,11H2,(H,17,19). The van der Waals surface area contributed by atoms with Crippen molar-refractivity contribution in [1.82, 2.24) is 9.78 Å². The summed E-state index contributed by atoms with van der Waals surface area (Å²) in [6, 6.07) is 9.29. The predicted molar refractivity (Wildman–Crippen MR) is 75.5 cm³/mol. The molecule has 104 valence electrons. The molecule has 0 bridgehead atoms. The topological polar surface area (TPSA) is 56.1 Å². The zero-order valence-corrected chi connectivity index (χ0v) is 11.2. The van der Waals surface area contributed by atoms with Crippen LogP contribution in [0.4, 0.5) is 5.69 Å². The third-order valence-corrected chi connectivity index (χ3v) is 3.17. The van der Waals surface area contributed by atoms with Crippen LogP contribution in [0, 0.1) is 5.92 Å². The van der Waals surface area contributed by atoms with Gasteiger partial charge in [0.15, 0.2) is 6.61 Å². The van der Waals surface area contributed by atoms with Gasteiger partial charge in [0.25, 0.3) is 5.91 Å².